The van der Waals surface area contributed by atoms with Gasteiger partial charge in [0.2, 0.25) is 11.8 Å². The molecule has 6 heteroatoms. The third-order valence-electron chi connectivity index (χ3n) is 4.07. The van der Waals surface area contributed by atoms with E-state index in [9.17, 15) is 4.79 Å². The molecule has 0 saturated carbocycles. The first-order valence-corrected chi connectivity index (χ1v) is 9.36. The maximum Gasteiger partial charge on any atom is 0.232 e. The molecule has 2 heterocycles. The second-order valence-electron chi connectivity index (χ2n) is 5.81. The molecule has 3 rings (SSSR count). The zero-order chi connectivity index (χ0) is 16.8. The minimum absolute atomic E-state index is 0.235. The number of methoxy groups -OCH3 is 1. The summed E-state index contributed by atoms with van der Waals surface area (Å²) >= 11 is 1.59. The number of nitrogens with zero attached hydrogens (tertiary/aromatic N) is 2. The van der Waals surface area contributed by atoms with Gasteiger partial charge in [0.05, 0.1) is 18.6 Å². The quantitative estimate of drug-likeness (QED) is 0.800. The zero-order valence-electron chi connectivity index (χ0n) is 13.9. The summed E-state index contributed by atoms with van der Waals surface area (Å²) in [6, 6.07) is 7.60. The van der Waals surface area contributed by atoms with Crippen molar-refractivity contribution in [3.05, 3.63) is 36.2 Å². The predicted octanol–water partition coefficient (Wildman–Crippen LogP) is 3.60. The highest BCUT2D eigenvalue weighted by atomic mass is 32.2. The number of oxazole rings is 1. The second kappa shape index (κ2) is 8.24. The van der Waals surface area contributed by atoms with Crippen LogP contribution in [-0.4, -0.2) is 41.7 Å². The number of piperidine rings is 1. The fourth-order valence-electron chi connectivity index (χ4n) is 2.72. The molecule has 1 aliphatic rings. The summed E-state index contributed by atoms with van der Waals surface area (Å²) in [7, 11) is 1.64. The van der Waals surface area contributed by atoms with Crippen LogP contribution in [0.15, 0.2) is 34.9 Å². The first-order valence-electron chi connectivity index (χ1n) is 8.20. The number of benzene rings is 1. The number of carbonyl (C=O) groups is 1. The standard InChI is InChI=1S/C18H22N2O3S/c1-22-16-7-5-14(6-8-16)18-19-15(11-23-18)12-24-13-17(21)20-9-3-2-4-10-20/h5-8,11H,2-4,9-10,12-13H2,1H3. The van der Waals surface area contributed by atoms with Gasteiger partial charge in [0.1, 0.15) is 12.0 Å². The molecule has 0 bridgehead atoms. The highest BCUT2D eigenvalue weighted by Gasteiger charge is 2.16. The largest absolute Gasteiger partial charge is 0.497 e. The van der Waals surface area contributed by atoms with Crippen molar-refractivity contribution in [2.24, 2.45) is 0 Å². The van der Waals surface area contributed by atoms with E-state index in [4.69, 9.17) is 9.15 Å². The van der Waals surface area contributed by atoms with Crippen LogP contribution < -0.4 is 4.74 Å². The van der Waals surface area contributed by atoms with Crippen molar-refractivity contribution in [1.82, 2.24) is 9.88 Å². The molecule has 0 unspecified atom stereocenters. The van der Waals surface area contributed by atoms with Crippen LogP contribution in [0.5, 0.6) is 5.75 Å². The molecule has 0 N–H and O–H groups in total. The Bertz CT molecular complexity index is 663. The molecule has 0 aliphatic carbocycles. The summed E-state index contributed by atoms with van der Waals surface area (Å²) in [5, 5.41) is 0. The molecule has 1 saturated heterocycles. The fourth-order valence-corrected chi connectivity index (χ4v) is 3.52. The maximum absolute atomic E-state index is 12.1. The van der Waals surface area contributed by atoms with Gasteiger partial charge in [-0.1, -0.05) is 0 Å². The topological polar surface area (TPSA) is 55.6 Å². The molecule has 1 aromatic carbocycles. The molecule has 1 amide bonds. The van der Waals surface area contributed by atoms with E-state index >= 15 is 0 Å². The summed E-state index contributed by atoms with van der Waals surface area (Å²) < 4.78 is 10.7. The van der Waals surface area contributed by atoms with Gasteiger partial charge in [-0.05, 0) is 43.5 Å². The smallest absolute Gasteiger partial charge is 0.232 e. The Morgan fingerprint density at radius 1 is 1.25 bits per heavy atom. The van der Waals surface area contributed by atoms with Crippen LogP contribution >= 0.6 is 11.8 Å². The van der Waals surface area contributed by atoms with E-state index in [0.29, 0.717) is 17.4 Å². The molecule has 1 aromatic heterocycles. The molecule has 1 aliphatic heterocycles. The fraction of sp³-hybridized carbons (Fsp3) is 0.444. The van der Waals surface area contributed by atoms with E-state index in [0.717, 1.165) is 42.9 Å². The summed E-state index contributed by atoms with van der Waals surface area (Å²) in [5.74, 6) is 2.82. The van der Waals surface area contributed by atoms with E-state index in [1.54, 1.807) is 25.1 Å². The van der Waals surface area contributed by atoms with Crippen molar-refractivity contribution >= 4 is 17.7 Å². The van der Waals surface area contributed by atoms with Gasteiger partial charge in [-0.3, -0.25) is 4.79 Å². The molecule has 2 aromatic rings. The molecule has 128 valence electrons. The summed E-state index contributed by atoms with van der Waals surface area (Å²) in [5.41, 5.74) is 1.77. The average molecular weight is 346 g/mol. The van der Waals surface area contributed by atoms with E-state index < -0.39 is 0 Å². The van der Waals surface area contributed by atoms with E-state index in [1.807, 2.05) is 29.2 Å². The molecule has 5 nitrogen and oxygen atoms in total. The molecule has 0 atom stereocenters. The normalized spacial score (nSPS) is 14.6. The first kappa shape index (κ1) is 16.9. The van der Waals surface area contributed by atoms with Crippen molar-refractivity contribution in [2.75, 3.05) is 26.0 Å². The summed E-state index contributed by atoms with van der Waals surface area (Å²) in [4.78, 5) is 18.6. The third kappa shape index (κ3) is 4.32. The van der Waals surface area contributed by atoms with Gasteiger partial charge in [0, 0.05) is 24.4 Å². The minimum atomic E-state index is 0.235. The van der Waals surface area contributed by atoms with Crippen molar-refractivity contribution in [2.45, 2.75) is 25.0 Å². The van der Waals surface area contributed by atoms with Crippen molar-refractivity contribution in [3.63, 3.8) is 0 Å². The molecule has 0 spiro atoms. The Labute approximate surface area is 146 Å². The Kier molecular flexibility index (Phi) is 5.80. The number of aromatic nitrogens is 1. The van der Waals surface area contributed by atoms with Gasteiger partial charge in [-0.25, -0.2) is 4.98 Å². The van der Waals surface area contributed by atoms with Crippen LogP contribution in [0.3, 0.4) is 0 Å². The number of likely N-dealkylation sites (tertiary alicyclic amines) is 1. The van der Waals surface area contributed by atoms with Crippen molar-refractivity contribution < 1.29 is 13.9 Å². The maximum atomic E-state index is 12.1. The lowest BCUT2D eigenvalue weighted by Crippen LogP contribution is -2.36. The lowest BCUT2D eigenvalue weighted by molar-refractivity contribution is -0.129. The third-order valence-corrected chi connectivity index (χ3v) is 5.02. The van der Waals surface area contributed by atoms with E-state index in [1.165, 1.54) is 6.42 Å². The number of amides is 1. The van der Waals surface area contributed by atoms with Gasteiger partial charge >= 0.3 is 0 Å². The minimum Gasteiger partial charge on any atom is -0.497 e. The molecule has 24 heavy (non-hydrogen) atoms. The zero-order valence-corrected chi connectivity index (χ0v) is 14.7. The SMILES string of the molecule is COc1ccc(-c2nc(CSCC(=O)N3CCCCC3)co2)cc1. The predicted molar refractivity (Wildman–Crippen MR) is 95.1 cm³/mol. The lowest BCUT2D eigenvalue weighted by atomic mass is 10.1. The number of thioether (sulfide) groups is 1. The van der Waals surface area contributed by atoms with Crippen molar-refractivity contribution in [3.8, 4) is 17.2 Å². The van der Waals surface area contributed by atoms with Crippen LogP contribution in [0, 0.1) is 0 Å². The van der Waals surface area contributed by atoms with Crippen LogP contribution in [0.4, 0.5) is 0 Å². The number of rotatable bonds is 6. The number of hydrogen-bond donors (Lipinski definition) is 0. The second-order valence-corrected chi connectivity index (χ2v) is 6.79. The van der Waals surface area contributed by atoms with Gasteiger partial charge in [-0.15, -0.1) is 11.8 Å². The molecular weight excluding hydrogens is 324 g/mol. The number of ether oxygens (including phenoxy) is 1. The number of carbonyl (C=O) groups excluding carboxylic acids is 1. The van der Waals surface area contributed by atoms with Crippen LogP contribution in [0.1, 0.15) is 25.0 Å². The first-order chi connectivity index (χ1) is 11.8. The van der Waals surface area contributed by atoms with E-state index in [-0.39, 0.29) is 5.91 Å². The van der Waals surface area contributed by atoms with Crippen molar-refractivity contribution in [1.29, 1.82) is 0 Å². The van der Waals surface area contributed by atoms with Gasteiger partial charge in [0.15, 0.2) is 0 Å². The molecule has 1 fully saturated rings. The summed E-state index contributed by atoms with van der Waals surface area (Å²) in [6.07, 6.45) is 5.16. The Morgan fingerprint density at radius 2 is 2.00 bits per heavy atom. The van der Waals surface area contributed by atoms with Crippen LogP contribution in [0.2, 0.25) is 0 Å². The molecular formula is C18H22N2O3S. The Hall–Kier alpha value is -1.95. The van der Waals surface area contributed by atoms with Gasteiger partial charge < -0.3 is 14.1 Å². The van der Waals surface area contributed by atoms with Crippen LogP contribution in [0.25, 0.3) is 11.5 Å². The Morgan fingerprint density at radius 3 is 2.71 bits per heavy atom. The van der Waals surface area contributed by atoms with E-state index in [2.05, 4.69) is 4.98 Å². The van der Waals surface area contributed by atoms with Crippen LogP contribution in [-0.2, 0) is 10.5 Å². The Balaban J connectivity index is 1.49. The van der Waals surface area contributed by atoms with Gasteiger partial charge in [0.25, 0.3) is 0 Å². The number of hydrogen-bond acceptors (Lipinski definition) is 5. The summed E-state index contributed by atoms with van der Waals surface area (Å²) in [6.45, 7) is 1.82. The van der Waals surface area contributed by atoms with Gasteiger partial charge in [-0.2, -0.15) is 0 Å². The molecule has 0 radical (unpaired) electrons. The highest BCUT2D eigenvalue weighted by molar-refractivity contribution is 7.99. The average Bonchev–Trinajstić information content (AvgIpc) is 3.11. The monoisotopic (exact) mass is 346 g/mol. The highest BCUT2D eigenvalue weighted by Crippen LogP contribution is 2.23. The lowest BCUT2D eigenvalue weighted by Gasteiger charge is -2.26.